The number of piperidine rings is 1. The number of hydrogen-bond donors (Lipinski definition) is 0. The molecule has 2 aromatic heterocycles. The van der Waals surface area contributed by atoms with Gasteiger partial charge in [0.25, 0.3) is 0 Å². The number of benzene rings is 2. The predicted molar refractivity (Wildman–Crippen MR) is 148 cm³/mol. The molecule has 40 heavy (non-hydrogen) atoms. The highest BCUT2D eigenvalue weighted by atomic mass is 19.2. The number of fused-ring (bicyclic) bond motifs is 1. The molecule has 2 aromatic carbocycles. The third-order valence-electron chi connectivity index (χ3n) is 8.59. The Kier molecular flexibility index (Phi) is 6.94. The van der Waals surface area contributed by atoms with E-state index in [-0.39, 0.29) is 24.0 Å². The van der Waals surface area contributed by atoms with Crippen LogP contribution in [0.3, 0.4) is 0 Å². The quantitative estimate of drug-likeness (QED) is 0.263. The molecule has 2 atom stereocenters. The van der Waals surface area contributed by atoms with Crippen molar-refractivity contribution in [1.82, 2.24) is 14.7 Å². The number of hydrogen-bond acceptors (Lipinski definition) is 5. The maximum Gasteiger partial charge on any atom is 0.227 e. The largest absolute Gasteiger partial charge is 0.381 e. The lowest BCUT2D eigenvalue weighted by atomic mass is 9.89. The Labute approximate surface area is 232 Å². The molecular formula is C31H34F2N4O3. The number of rotatable bonds is 5. The first kappa shape index (κ1) is 26.6. The van der Waals surface area contributed by atoms with Crippen LogP contribution in [0.1, 0.15) is 74.8 Å². The molecule has 2 fully saturated rings. The van der Waals surface area contributed by atoms with Gasteiger partial charge in [0.2, 0.25) is 5.91 Å². The molecule has 1 aliphatic carbocycles. The van der Waals surface area contributed by atoms with Gasteiger partial charge in [-0.2, -0.15) is 0 Å². The van der Waals surface area contributed by atoms with E-state index in [1.165, 1.54) is 6.07 Å². The van der Waals surface area contributed by atoms with Crippen LogP contribution in [-0.2, 0) is 9.53 Å². The van der Waals surface area contributed by atoms with Gasteiger partial charge < -0.3 is 18.7 Å². The summed E-state index contributed by atoms with van der Waals surface area (Å²) in [5, 5.41) is 4.12. The topological polar surface area (TPSA) is 73.4 Å². The number of carbonyl (C=O) groups is 1. The Morgan fingerprint density at radius 2 is 1.80 bits per heavy atom. The van der Waals surface area contributed by atoms with E-state index in [1.54, 1.807) is 12.0 Å². The molecule has 0 spiro atoms. The summed E-state index contributed by atoms with van der Waals surface area (Å²) in [5.74, 6) is -0.394. The van der Waals surface area contributed by atoms with Gasteiger partial charge in [0.05, 0.1) is 28.9 Å². The molecule has 210 valence electrons. The fraction of sp³-hybridized carbons (Fsp3) is 0.452. The zero-order chi connectivity index (χ0) is 28.1. The summed E-state index contributed by atoms with van der Waals surface area (Å²) in [5.41, 5.74) is 4.88. The van der Waals surface area contributed by atoms with Crippen molar-refractivity contribution in [3.63, 3.8) is 0 Å². The summed E-state index contributed by atoms with van der Waals surface area (Å²) in [7, 11) is 1.76. The highest BCUT2D eigenvalue weighted by Gasteiger charge is 2.39. The van der Waals surface area contributed by atoms with E-state index in [2.05, 4.69) is 34.8 Å². The zero-order valence-corrected chi connectivity index (χ0v) is 23.3. The molecule has 2 unspecified atom stereocenters. The van der Waals surface area contributed by atoms with Gasteiger partial charge in [0, 0.05) is 36.9 Å². The van der Waals surface area contributed by atoms with Crippen LogP contribution in [0.15, 0.2) is 40.9 Å². The summed E-state index contributed by atoms with van der Waals surface area (Å²) in [6.07, 6.45) is 4.95. The molecule has 4 aromatic rings. The first-order valence-corrected chi connectivity index (χ1v) is 14.0. The highest BCUT2D eigenvalue weighted by Crippen LogP contribution is 2.43. The number of anilines is 1. The summed E-state index contributed by atoms with van der Waals surface area (Å²) >= 11 is 0. The first-order chi connectivity index (χ1) is 19.2. The van der Waals surface area contributed by atoms with Crippen LogP contribution in [0, 0.1) is 31.4 Å². The van der Waals surface area contributed by atoms with E-state index in [1.807, 2.05) is 13.8 Å². The number of amides is 1. The van der Waals surface area contributed by atoms with Crippen molar-refractivity contribution in [2.75, 3.05) is 12.0 Å². The second kappa shape index (κ2) is 10.4. The number of ether oxygens (including phenoxy) is 1. The van der Waals surface area contributed by atoms with Crippen LogP contribution in [0.25, 0.3) is 22.2 Å². The number of aromatic nitrogens is 3. The van der Waals surface area contributed by atoms with Crippen molar-refractivity contribution >= 4 is 22.6 Å². The normalized spacial score (nSPS) is 23.8. The third-order valence-corrected chi connectivity index (χ3v) is 8.59. The van der Waals surface area contributed by atoms with E-state index >= 15 is 0 Å². The number of carbonyl (C=O) groups excluding carboxylic acids is 1. The summed E-state index contributed by atoms with van der Waals surface area (Å²) in [4.78, 5) is 20.3. The minimum atomic E-state index is -0.974. The van der Waals surface area contributed by atoms with Gasteiger partial charge in [-0.3, -0.25) is 4.79 Å². The molecule has 1 saturated carbocycles. The lowest BCUT2D eigenvalue weighted by molar-refractivity contribution is -0.121. The van der Waals surface area contributed by atoms with Crippen molar-refractivity contribution < 1.29 is 22.8 Å². The number of imidazole rings is 1. The number of methoxy groups -OCH3 is 1. The van der Waals surface area contributed by atoms with E-state index < -0.39 is 17.7 Å². The molecule has 6 rings (SSSR count). The lowest BCUT2D eigenvalue weighted by Gasteiger charge is -2.39. The number of aryl methyl sites for hydroxylation is 2. The fourth-order valence-electron chi connectivity index (χ4n) is 6.65. The Hall–Kier alpha value is -3.59. The molecule has 0 radical (unpaired) electrons. The van der Waals surface area contributed by atoms with E-state index in [9.17, 15) is 13.6 Å². The SMILES string of the molecule is COC1CCC(n2c(C3CC(C)CC(=O)N3c3ccc(F)c(F)c3)nc3cc(-c4c(C)noc4C)ccc32)CC1. The fourth-order valence-corrected chi connectivity index (χ4v) is 6.65. The number of halogens is 2. The van der Waals surface area contributed by atoms with Crippen LogP contribution in [0.5, 0.6) is 0 Å². The summed E-state index contributed by atoms with van der Waals surface area (Å²) in [6.45, 7) is 5.87. The van der Waals surface area contributed by atoms with Gasteiger partial charge in [-0.15, -0.1) is 0 Å². The van der Waals surface area contributed by atoms with Crippen LogP contribution >= 0.6 is 0 Å². The van der Waals surface area contributed by atoms with Crippen molar-refractivity contribution in [2.45, 2.75) is 77.5 Å². The first-order valence-electron chi connectivity index (χ1n) is 14.0. The smallest absolute Gasteiger partial charge is 0.227 e. The molecule has 3 heterocycles. The predicted octanol–water partition coefficient (Wildman–Crippen LogP) is 7.22. The second-order valence-electron chi connectivity index (χ2n) is 11.3. The van der Waals surface area contributed by atoms with Crippen molar-refractivity contribution in [2.24, 2.45) is 5.92 Å². The van der Waals surface area contributed by atoms with Gasteiger partial charge in [-0.1, -0.05) is 18.1 Å². The van der Waals surface area contributed by atoms with Crippen molar-refractivity contribution in [3.05, 3.63) is 65.3 Å². The maximum atomic E-state index is 14.4. The zero-order valence-electron chi connectivity index (χ0n) is 23.3. The maximum absolute atomic E-state index is 14.4. The Bertz CT molecular complexity index is 1550. The van der Waals surface area contributed by atoms with E-state index in [0.29, 0.717) is 18.5 Å². The molecule has 7 nitrogen and oxygen atoms in total. The van der Waals surface area contributed by atoms with Crippen LogP contribution in [-0.4, -0.2) is 33.8 Å². The molecule has 2 aliphatic rings. The minimum Gasteiger partial charge on any atom is -0.381 e. The second-order valence-corrected chi connectivity index (χ2v) is 11.3. The average Bonchev–Trinajstić information content (AvgIpc) is 3.48. The van der Waals surface area contributed by atoms with E-state index in [4.69, 9.17) is 14.2 Å². The van der Waals surface area contributed by atoms with Gasteiger partial charge in [-0.05, 0) is 81.7 Å². The summed E-state index contributed by atoms with van der Waals surface area (Å²) < 4.78 is 41.6. The average molecular weight is 549 g/mol. The monoisotopic (exact) mass is 548 g/mol. The minimum absolute atomic E-state index is 0.118. The van der Waals surface area contributed by atoms with Crippen molar-refractivity contribution in [1.29, 1.82) is 0 Å². The number of nitrogens with zero attached hydrogens (tertiary/aromatic N) is 4. The van der Waals surface area contributed by atoms with Crippen LogP contribution in [0.4, 0.5) is 14.5 Å². The molecule has 1 amide bonds. The third kappa shape index (κ3) is 4.60. The van der Waals surface area contributed by atoms with Gasteiger partial charge in [-0.25, -0.2) is 13.8 Å². The van der Waals surface area contributed by atoms with Gasteiger partial charge in [0.1, 0.15) is 11.6 Å². The molecular weight excluding hydrogens is 514 g/mol. The molecule has 1 aliphatic heterocycles. The Morgan fingerprint density at radius 1 is 1.02 bits per heavy atom. The Balaban J connectivity index is 1.52. The molecule has 1 saturated heterocycles. The van der Waals surface area contributed by atoms with E-state index in [0.717, 1.165) is 77.3 Å². The molecule has 9 heteroatoms. The van der Waals surface area contributed by atoms with Crippen LogP contribution < -0.4 is 4.90 Å². The van der Waals surface area contributed by atoms with Crippen LogP contribution in [0.2, 0.25) is 0 Å². The summed E-state index contributed by atoms with van der Waals surface area (Å²) in [6, 6.07) is 9.64. The van der Waals surface area contributed by atoms with Crippen molar-refractivity contribution in [3.8, 4) is 11.1 Å². The molecule has 0 bridgehead atoms. The Morgan fingerprint density at radius 3 is 2.48 bits per heavy atom. The standard InChI is InChI=1S/C31H34F2N4O3/c1-17-13-28(36(29(38)14-17)22-8-11-24(32)25(33)16-22)31-34-26-15-20(30-18(2)35-40-19(30)3)5-12-27(26)37(31)21-6-9-23(39-4)10-7-21/h5,8,11-12,15-17,21,23,28H,6-7,9-10,13-14H2,1-4H3. The molecule has 0 N–H and O–H groups in total. The van der Waals surface area contributed by atoms with Gasteiger partial charge in [0.15, 0.2) is 11.6 Å². The van der Waals surface area contributed by atoms with Gasteiger partial charge >= 0.3 is 0 Å². The lowest BCUT2D eigenvalue weighted by Crippen LogP contribution is -2.42. The highest BCUT2D eigenvalue weighted by molar-refractivity contribution is 5.95.